The first-order valence-corrected chi connectivity index (χ1v) is 6.08. The van der Waals surface area contributed by atoms with Gasteiger partial charge in [0.25, 0.3) is 0 Å². The molecule has 1 atom stereocenters. The maximum atomic E-state index is 5.59. The Morgan fingerprint density at radius 1 is 1.41 bits per heavy atom. The van der Waals surface area contributed by atoms with Crippen LogP contribution in [0.2, 0.25) is 0 Å². The fourth-order valence-electron chi connectivity index (χ4n) is 1.73. The minimum atomic E-state index is 0.209. The molecule has 4 nitrogen and oxygen atoms in total. The molecule has 0 aromatic heterocycles. The zero-order valence-electron chi connectivity index (χ0n) is 10.1. The van der Waals surface area contributed by atoms with Gasteiger partial charge in [-0.25, -0.2) is 0 Å². The summed E-state index contributed by atoms with van der Waals surface area (Å²) < 4.78 is 5.53. The average molecular weight is 233 g/mol. The molecule has 17 heavy (non-hydrogen) atoms. The number of amidine groups is 1. The number of nitrogens with one attached hydrogen (secondary N) is 1. The van der Waals surface area contributed by atoms with Crippen LogP contribution in [-0.2, 0) is 0 Å². The Kier molecular flexibility index (Phi) is 3.98. The SMILES string of the molecule is CCCOc1ccc(C2=NC(CN)CN2)cc1. The summed E-state index contributed by atoms with van der Waals surface area (Å²) in [4.78, 5) is 4.51. The van der Waals surface area contributed by atoms with Crippen molar-refractivity contribution in [2.45, 2.75) is 19.4 Å². The van der Waals surface area contributed by atoms with Gasteiger partial charge in [-0.2, -0.15) is 0 Å². The molecular weight excluding hydrogens is 214 g/mol. The molecule has 0 radical (unpaired) electrons. The zero-order valence-corrected chi connectivity index (χ0v) is 10.1. The third-order valence-electron chi connectivity index (χ3n) is 2.69. The normalized spacial score (nSPS) is 18.7. The third-order valence-corrected chi connectivity index (χ3v) is 2.69. The Labute approximate surface area is 102 Å². The van der Waals surface area contributed by atoms with Crippen molar-refractivity contribution in [2.24, 2.45) is 10.7 Å². The van der Waals surface area contributed by atoms with Gasteiger partial charge in [0.05, 0.1) is 12.6 Å². The van der Waals surface area contributed by atoms with Crippen molar-refractivity contribution in [1.82, 2.24) is 5.32 Å². The van der Waals surface area contributed by atoms with Gasteiger partial charge < -0.3 is 15.8 Å². The highest BCUT2D eigenvalue weighted by Gasteiger charge is 2.15. The highest BCUT2D eigenvalue weighted by Crippen LogP contribution is 2.14. The van der Waals surface area contributed by atoms with Crippen LogP contribution in [0.25, 0.3) is 0 Å². The van der Waals surface area contributed by atoms with Crippen LogP contribution in [0.5, 0.6) is 5.75 Å². The highest BCUT2D eigenvalue weighted by molar-refractivity contribution is 6.00. The highest BCUT2D eigenvalue weighted by atomic mass is 16.5. The van der Waals surface area contributed by atoms with E-state index in [1.54, 1.807) is 0 Å². The molecule has 0 bridgehead atoms. The van der Waals surface area contributed by atoms with Crippen molar-refractivity contribution < 1.29 is 4.74 Å². The van der Waals surface area contributed by atoms with Gasteiger partial charge in [-0.1, -0.05) is 6.92 Å². The molecule has 0 fully saturated rings. The van der Waals surface area contributed by atoms with E-state index in [2.05, 4.69) is 17.2 Å². The van der Waals surface area contributed by atoms with Crippen molar-refractivity contribution in [3.05, 3.63) is 29.8 Å². The summed E-state index contributed by atoms with van der Waals surface area (Å²) >= 11 is 0. The zero-order chi connectivity index (χ0) is 12.1. The molecule has 1 heterocycles. The lowest BCUT2D eigenvalue weighted by Gasteiger charge is -2.06. The molecule has 0 amide bonds. The molecule has 1 unspecified atom stereocenters. The van der Waals surface area contributed by atoms with Crippen LogP contribution < -0.4 is 15.8 Å². The van der Waals surface area contributed by atoms with Crippen LogP contribution >= 0.6 is 0 Å². The Morgan fingerprint density at radius 2 is 2.18 bits per heavy atom. The van der Waals surface area contributed by atoms with E-state index in [9.17, 15) is 0 Å². The smallest absolute Gasteiger partial charge is 0.128 e. The Morgan fingerprint density at radius 3 is 2.76 bits per heavy atom. The van der Waals surface area contributed by atoms with Gasteiger partial charge in [0.15, 0.2) is 0 Å². The van der Waals surface area contributed by atoms with Gasteiger partial charge in [0.2, 0.25) is 0 Å². The third kappa shape index (κ3) is 2.97. The Balaban J connectivity index is 2.03. The van der Waals surface area contributed by atoms with Crippen molar-refractivity contribution in [1.29, 1.82) is 0 Å². The summed E-state index contributed by atoms with van der Waals surface area (Å²) in [6.45, 7) is 4.28. The maximum Gasteiger partial charge on any atom is 0.128 e. The first-order valence-electron chi connectivity index (χ1n) is 6.08. The number of hydrogen-bond acceptors (Lipinski definition) is 4. The van der Waals surface area contributed by atoms with Crippen molar-refractivity contribution in [3.63, 3.8) is 0 Å². The van der Waals surface area contributed by atoms with E-state index in [-0.39, 0.29) is 6.04 Å². The van der Waals surface area contributed by atoms with Crippen LogP contribution in [0, 0.1) is 0 Å². The average Bonchev–Trinajstić information content (AvgIpc) is 2.86. The molecule has 1 aliphatic heterocycles. The number of nitrogens with zero attached hydrogens (tertiary/aromatic N) is 1. The van der Waals surface area contributed by atoms with Crippen molar-refractivity contribution in [2.75, 3.05) is 19.7 Å². The summed E-state index contributed by atoms with van der Waals surface area (Å²) in [7, 11) is 0. The van der Waals surface area contributed by atoms with E-state index >= 15 is 0 Å². The van der Waals surface area contributed by atoms with Crippen LogP contribution in [0.1, 0.15) is 18.9 Å². The lowest BCUT2D eigenvalue weighted by molar-refractivity contribution is 0.317. The summed E-state index contributed by atoms with van der Waals surface area (Å²) in [5.74, 6) is 1.84. The summed E-state index contributed by atoms with van der Waals surface area (Å²) in [5.41, 5.74) is 6.67. The molecule has 3 N–H and O–H groups in total. The number of benzene rings is 1. The van der Waals surface area contributed by atoms with E-state index in [4.69, 9.17) is 10.5 Å². The lowest BCUT2D eigenvalue weighted by atomic mass is 10.2. The van der Waals surface area contributed by atoms with Gasteiger partial charge in [-0.15, -0.1) is 0 Å². The van der Waals surface area contributed by atoms with Gasteiger partial charge >= 0.3 is 0 Å². The number of ether oxygens (including phenoxy) is 1. The number of hydrogen-bond donors (Lipinski definition) is 2. The van der Waals surface area contributed by atoms with Crippen LogP contribution in [0.3, 0.4) is 0 Å². The standard InChI is InChI=1S/C13H19N3O/c1-2-7-17-12-5-3-10(4-6-12)13-15-9-11(8-14)16-13/h3-6,11H,2,7-9,14H2,1H3,(H,15,16). The van der Waals surface area contributed by atoms with Gasteiger partial charge in [0, 0.05) is 18.7 Å². The van der Waals surface area contributed by atoms with Crippen LogP contribution in [-0.4, -0.2) is 31.6 Å². The predicted octanol–water partition coefficient (Wildman–Crippen LogP) is 1.15. The second kappa shape index (κ2) is 5.68. The minimum absolute atomic E-state index is 0.209. The Bertz CT molecular complexity index is 386. The Hall–Kier alpha value is -1.55. The first kappa shape index (κ1) is 11.9. The number of rotatable bonds is 5. The van der Waals surface area contributed by atoms with E-state index in [0.717, 1.165) is 36.7 Å². The lowest BCUT2D eigenvalue weighted by Crippen LogP contribution is -2.25. The van der Waals surface area contributed by atoms with Gasteiger partial charge in [-0.05, 0) is 30.7 Å². The van der Waals surface area contributed by atoms with E-state index in [1.165, 1.54) is 0 Å². The van der Waals surface area contributed by atoms with Crippen LogP contribution in [0.4, 0.5) is 0 Å². The minimum Gasteiger partial charge on any atom is -0.494 e. The topological polar surface area (TPSA) is 59.6 Å². The number of aliphatic imine (C=N–C) groups is 1. The molecule has 1 aromatic rings. The summed E-state index contributed by atoms with van der Waals surface area (Å²) in [6.07, 6.45) is 1.02. The molecular formula is C13H19N3O. The fraction of sp³-hybridized carbons (Fsp3) is 0.462. The molecule has 1 aliphatic rings. The maximum absolute atomic E-state index is 5.59. The van der Waals surface area contributed by atoms with Crippen LogP contribution in [0.15, 0.2) is 29.3 Å². The van der Waals surface area contributed by atoms with Crippen molar-refractivity contribution >= 4 is 5.84 Å². The van der Waals surface area contributed by atoms with Gasteiger partial charge in [-0.3, -0.25) is 4.99 Å². The predicted molar refractivity (Wildman–Crippen MR) is 69.6 cm³/mol. The second-order valence-electron chi connectivity index (χ2n) is 4.12. The van der Waals surface area contributed by atoms with Crippen molar-refractivity contribution in [3.8, 4) is 5.75 Å². The molecule has 1 aromatic carbocycles. The first-order chi connectivity index (χ1) is 8.33. The summed E-state index contributed by atoms with van der Waals surface area (Å²) in [6, 6.07) is 8.21. The quantitative estimate of drug-likeness (QED) is 0.802. The fourth-order valence-corrected chi connectivity index (χ4v) is 1.73. The molecule has 92 valence electrons. The molecule has 2 rings (SSSR count). The van der Waals surface area contributed by atoms with E-state index < -0.39 is 0 Å². The molecule has 0 saturated heterocycles. The molecule has 0 aliphatic carbocycles. The number of nitrogens with two attached hydrogens (primary N) is 1. The van der Waals surface area contributed by atoms with Gasteiger partial charge in [0.1, 0.15) is 11.6 Å². The molecule has 0 saturated carbocycles. The summed E-state index contributed by atoms with van der Waals surface area (Å²) in [5, 5.41) is 3.27. The molecule has 4 heteroatoms. The van der Waals surface area contributed by atoms with E-state index in [0.29, 0.717) is 6.54 Å². The second-order valence-corrected chi connectivity index (χ2v) is 4.12. The van der Waals surface area contributed by atoms with E-state index in [1.807, 2.05) is 24.3 Å². The monoisotopic (exact) mass is 233 g/mol. The molecule has 0 spiro atoms. The largest absolute Gasteiger partial charge is 0.494 e.